The number of Topliss-reactive ketones (excluding diaryl/α,β-unsaturated/α-hetero) is 2. The third kappa shape index (κ3) is 2.34. The molecule has 1 aliphatic rings. The summed E-state index contributed by atoms with van der Waals surface area (Å²) in [6.07, 6.45) is 0. The van der Waals surface area contributed by atoms with E-state index < -0.39 is 5.38 Å². The highest BCUT2D eigenvalue weighted by Gasteiger charge is 2.36. The normalized spacial score (nSPS) is 19.7. The zero-order chi connectivity index (χ0) is 15.0. The minimum Gasteiger partial charge on any atom is -0.508 e. The molecular weight excluding hydrogens is 290 g/mol. The van der Waals surface area contributed by atoms with Gasteiger partial charge in [0, 0.05) is 11.1 Å². The van der Waals surface area contributed by atoms with E-state index in [4.69, 9.17) is 11.6 Å². The van der Waals surface area contributed by atoms with Crippen LogP contribution in [-0.2, 0) is 0 Å². The summed E-state index contributed by atoms with van der Waals surface area (Å²) < 4.78 is 0. The predicted molar refractivity (Wildman–Crippen MR) is 79.9 cm³/mol. The van der Waals surface area contributed by atoms with Crippen LogP contribution in [0.3, 0.4) is 0 Å². The molecule has 1 unspecified atom stereocenters. The Balaban J connectivity index is 2.10. The average molecular weight is 300 g/mol. The summed E-state index contributed by atoms with van der Waals surface area (Å²) in [6, 6.07) is 12.5. The second-order valence-corrected chi connectivity index (χ2v) is 5.05. The van der Waals surface area contributed by atoms with E-state index in [0.717, 1.165) is 0 Å². The summed E-state index contributed by atoms with van der Waals surface area (Å²) in [4.78, 5) is 28.8. The minimum absolute atomic E-state index is 0.00561. The first kappa shape index (κ1) is 13.5. The Morgan fingerprint density at radius 1 is 0.952 bits per heavy atom. The number of aromatic hydroxyl groups is 1. The third-order valence-corrected chi connectivity index (χ3v) is 3.64. The standard InChI is InChI=1S/C16H10ClNO3/c17-13-14(18-9-5-7-10(19)8-6-9)16(21)12-4-2-1-3-11(12)15(13)20/h1-8,13,19H. The number of phenols is 1. The van der Waals surface area contributed by atoms with Crippen molar-refractivity contribution in [2.45, 2.75) is 5.38 Å². The molecule has 2 aromatic carbocycles. The van der Waals surface area contributed by atoms with Crippen molar-refractivity contribution in [1.29, 1.82) is 0 Å². The number of carbonyl (C=O) groups is 2. The fraction of sp³-hybridized carbons (Fsp3) is 0.0625. The Labute approximate surface area is 125 Å². The first-order valence-corrected chi connectivity index (χ1v) is 6.71. The van der Waals surface area contributed by atoms with E-state index >= 15 is 0 Å². The fourth-order valence-electron chi connectivity index (χ4n) is 2.18. The maximum atomic E-state index is 12.4. The monoisotopic (exact) mass is 299 g/mol. The van der Waals surface area contributed by atoms with Crippen LogP contribution in [0.25, 0.3) is 0 Å². The second-order valence-electron chi connectivity index (χ2n) is 4.61. The van der Waals surface area contributed by atoms with Crippen LogP contribution in [0.15, 0.2) is 53.5 Å². The smallest absolute Gasteiger partial charge is 0.209 e. The molecule has 1 atom stereocenters. The van der Waals surface area contributed by atoms with Gasteiger partial charge in [0.15, 0.2) is 5.78 Å². The zero-order valence-corrected chi connectivity index (χ0v) is 11.5. The number of alkyl halides is 1. The molecular formula is C16H10ClNO3. The van der Waals surface area contributed by atoms with Crippen molar-refractivity contribution >= 4 is 34.6 Å². The van der Waals surface area contributed by atoms with Crippen molar-refractivity contribution < 1.29 is 14.7 Å². The third-order valence-electron chi connectivity index (χ3n) is 3.24. The van der Waals surface area contributed by atoms with Gasteiger partial charge in [0.1, 0.15) is 16.8 Å². The Morgan fingerprint density at radius 3 is 2.24 bits per heavy atom. The number of phenolic OH excluding ortho intramolecular Hbond substituents is 1. The van der Waals surface area contributed by atoms with Gasteiger partial charge < -0.3 is 5.11 Å². The number of hydrogen-bond donors (Lipinski definition) is 1. The van der Waals surface area contributed by atoms with Crippen LogP contribution < -0.4 is 0 Å². The molecule has 5 heteroatoms. The zero-order valence-electron chi connectivity index (χ0n) is 10.8. The molecule has 0 bridgehead atoms. The lowest BCUT2D eigenvalue weighted by molar-refractivity contribution is 0.0968. The van der Waals surface area contributed by atoms with E-state index in [2.05, 4.69) is 4.99 Å². The number of aliphatic imine (C=N–C) groups is 1. The number of rotatable bonds is 1. The second kappa shape index (κ2) is 5.14. The molecule has 2 aromatic rings. The van der Waals surface area contributed by atoms with Gasteiger partial charge in [-0.1, -0.05) is 24.3 Å². The summed E-state index contributed by atoms with van der Waals surface area (Å²) >= 11 is 6.09. The number of fused-ring (bicyclic) bond motifs is 1. The molecule has 4 nitrogen and oxygen atoms in total. The van der Waals surface area contributed by atoms with Crippen LogP contribution in [0.2, 0.25) is 0 Å². The summed E-state index contributed by atoms with van der Waals surface area (Å²) in [6.45, 7) is 0. The lowest BCUT2D eigenvalue weighted by atomic mass is 9.88. The van der Waals surface area contributed by atoms with E-state index in [1.165, 1.54) is 12.1 Å². The highest BCUT2D eigenvalue weighted by atomic mass is 35.5. The van der Waals surface area contributed by atoms with Crippen molar-refractivity contribution in [2.24, 2.45) is 4.99 Å². The Morgan fingerprint density at radius 2 is 1.57 bits per heavy atom. The first-order chi connectivity index (χ1) is 10.1. The Hall–Kier alpha value is -2.46. The summed E-state index contributed by atoms with van der Waals surface area (Å²) in [7, 11) is 0. The molecule has 0 aliphatic heterocycles. The molecule has 3 rings (SSSR count). The summed E-state index contributed by atoms with van der Waals surface area (Å²) in [5.41, 5.74) is 1.10. The largest absolute Gasteiger partial charge is 0.508 e. The van der Waals surface area contributed by atoms with Crippen LogP contribution in [0.5, 0.6) is 5.75 Å². The van der Waals surface area contributed by atoms with Gasteiger partial charge in [-0.25, -0.2) is 4.99 Å². The van der Waals surface area contributed by atoms with E-state index in [1.54, 1.807) is 36.4 Å². The number of halogens is 1. The van der Waals surface area contributed by atoms with Crippen molar-refractivity contribution in [2.75, 3.05) is 0 Å². The van der Waals surface area contributed by atoms with Crippen LogP contribution >= 0.6 is 11.6 Å². The van der Waals surface area contributed by atoms with Crippen molar-refractivity contribution in [1.82, 2.24) is 0 Å². The molecule has 0 aromatic heterocycles. The summed E-state index contributed by atoms with van der Waals surface area (Å²) in [5, 5.41) is 8.15. The van der Waals surface area contributed by atoms with E-state index in [1.807, 2.05) is 0 Å². The van der Waals surface area contributed by atoms with Gasteiger partial charge in [-0.15, -0.1) is 11.6 Å². The van der Waals surface area contributed by atoms with E-state index in [0.29, 0.717) is 16.8 Å². The SMILES string of the molecule is O=C1C(=Nc2ccc(O)cc2)C(Cl)C(=O)c2ccccc21. The number of nitrogens with zero attached hydrogens (tertiary/aromatic N) is 1. The minimum atomic E-state index is -1.10. The van der Waals surface area contributed by atoms with Gasteiger partial charge in [0.25, 0.3) is 0 Å². The molecule has 1 aliphatic carbocycles. The van der Waals surface area contributed by atoms with Gasteiger partial charge in [-0.2, -0.15) is 0 Å². The molecule has 0 amide bonds. The number of benzene rings is 2. The molecule has 0 radical (unpaired) electrons. The van der Waals surface area contributed by atoms with Crippen molar-refractivity contribution in [3.05, 3.63) is 59.7 Å². The van der Waals surface area contributed by atoms with E-state index in [9.17, 15) is 14.7 Å². The van der Waals surface area contributed by atoms with Gasteiger partial charge in [0.05, 0.1) is 5.69 Å². The number of carbonyl (C=O) groups excluding carboxylic acids is 2. The van der Waals surface area contributed by atoms with Crippen LogP contribution in [0.1, 0.15) is 20.7 Å². The molecule has 104 valence electrons. The van der Waals surface area contributed by atoms with Gasteiger partial charge >= 0.3 is 0 Å². The molecule has 0 spiro atoms. The van der Waals surface area contributed by atoms with Gasteiger partial charge in [-0.3, -0.25) is 9.59 Å². The molecule has 0 heterocycles. The predicted octanol–water partition coefficient (Wildman–Crippen LogP) is 3.15. The lowest BCUT2D eigenvalue weighted by Gasteiger charge is -2.19. The molecule has 0 saturated heterocycles. The molecule has 0 fully saturated rings. The maximum Gasteiger partial charge on any atom is 0.209 e. The Kier molecular flexibility index (Phi) is 3.31. The van der Waals surface area contributed by atoms with Crippen LogP contribution in [0, 0.1) is 0 Å². The van der Waals surface area contributed by atoms with E-state index in [-0.39, 0.29) is 23.0 Å². The Bertz CT molecular complexity index is 765. The highest BCUT2D eigenvalue weighted by Crippen LogP contribution is 2.26. The van der Waals surface area contributed by atoms with Crippen LogP contribution in [0.4, 0.5) is 5.69 Å². The van der Waals surface area contributed by atoms with Crippen molar-refractivity contribution in [3.8, 4) is 5.75 Å². The topological polar surface area (TPSA) is 66.7 Å². The molecule has 0 saturated carbocycles. The molecule has 21 heavy (non-hydrogen) atoms. The first-order valence-electron chi connectivity index (χ1n) is 6.27. The van der Waals surface area contributed by atoms with Gasteiger partial charge in [-0.05, 0) is 24.3 Å². The van der Waals surface area contributed by atoms with Crippen molar-refractivity contribution in [3.63, 3.8) is 0 Å². The van der Waals surface area contributed by atoms with Crippen LogP contribution in [-0.4, -0.2) is 27.8 Å². The number of ketones is 2. The average Bonchev–Trinajstić information content (AvgIpc) is 2.51. The maximum absolute atomic E-state index is 12.4. The molecule has 1 N–H and O–H groups in total. The van der Waals surface area contributed by atoms with Gasteiger partial charge in [0.2, 0.25) is 5.78 Å². The highest BCUT2D eigenvalue weighted by molar-refractivity contribution is 6.65. The fourth-order valence-corrected chi connectivity index (χ4v) is 2.45. The summed E-state index contributed by atoms with van der Waals surface area (Å²) in [5.74, 6) is -0.583. The number of hydrogen-bond acceptors (Lipinski definition) is 4. The lowest BCUT2D eigenvalue weighted by Crippen LogP contribution is -2.37. The quantitative estimate of drug-likeness (QED) is 0.823.